The normalized spacial score (nSPS) is 16.1. The van der Waals surface area contributed by atoms with Gasteiger partial charge < -0.3 is 14.6 Å². The third-order valence-corrected chi connectivity index (χ3v) is 3.90. The van der Waals surface area contributed by atoms with Crippen LogP contribution in [0.15, 0.2) is 28.7 Å². The van der Waals surface area contributed by atoms with E-state index in [-0.39, 0.29) is 5.75 Å². The molecule has 1 aliphatic rings. The van der Waals surface area contributed by atoms with Crippen LogP contribution in [0.5, 0.6) is 5.75 Å². The molecule has 0 saturated heterocycles. The average Bonchev–Trinajstić information content (AvgIpc) is 3.26. The Bertz CT molecular complexity index is 625. The van der Waals surface area contributed by atoms with Crippen molar-refractivity contribution in [1.29, 1.82) is 0 Å². The second-order valence-electron chi connectivity index (χ2n) is 5.75. The second kappa shape index (κ2) is 6.46. The van der Waals surface area contributed by atoms with Gasteiger partial charge in [-0.3, -0.25) is 4.90 Å². The largest absolute Gasteiger partial charge is 0.508 e. The number of phenols is 1. The van der Waals surface area contributed by atoms with Crippen LogP contribution in [0.2, 0.25) is 0 Å². The Kier molecular flexibility index (Phi) is 4.40. The van der Waals surface area contributed by atoms with Gasteiger partial charge in [0.05, 0.1) is 12.6 Å². The highest BCUT2D eigenvalue weighted by molar-refractivity contribution is 5.28. The Morgan fingerprint density at radius 1 is 1.36 bits per heavy atom. The molecule has 2 N–H and O–H groups in total. The molecule has 1 unspecified atom stereocenters. The van der Waals surface area contributed by atoms with Crippen molar-refractivity contribution in [3.63, 3.8) is 0 Å². The van der Waals surface area contributed by atoms with Crippen LogP contribution in [0.4, 0.5) is 0 Å². The maximum absolute atomic E-state index is 10.3. The summed E-state index contributed by atoms with van der Waals surface area (Å²) in [5, 5.41) is 28.0. The molecule has 1 saturated carbocycles. The number of aromatic nitrogens is 2. The standard InChI is InChI=1S/C16H21N3O3/c1-2-19(9-14(21)12-4-3-5-13(20)8-12)10-15-17-18-16(22-15)11-6-7-11/h3-5,8,11,14,20-21H,2,6-7,9-10H2,1H3. The summed E-state index contributed by atoms with van der Waals surface area (Å²) in [6, 6.07) is 6.70. The fraction of sp³-hybridized carbons (Fsp3) is 0.500. The van der Waals surface area contributed by atoms with E-state index in [0.29, 0.717) is 30.5 Å². The summed E-state index contributed by atoms with van der Waals surface area (Å²) >= 11 is 0. The molecule has 1 aromatic carbocycles. The minimum absolute atomic E-state index is 0.158. The summed E-state index contributed by atoms with van der Waals surface area (Å²) in [5.41, 5.74) is 0.697. The lowest BCUT2D eigenvalue weighted by atomic mass is 10.1. The third kappa shape index (κ3) is 3.64. The Hall–Kier alpha value is -1.92. The molecule has 0 amide bonds. The van der Waals surface area contributed by atoms with Gasteiger partial charge in [-0.1, -0.05) is 19.1 Å². The van der Waals surface area contributed by atoms with Gasteiger partial charge in [0.2, 0.25) is 11.8 Å². The maximum Gasteiger partial charge on any atom is 0.230 e. The van der Waals surface area contributed by atoms with Gasteiger partial charge in [-0.15, -0.1) is 10.2 Å². The van der Waals surface area contributed by atoms with Crippen LogP contribution in [0.3, 0.4) is 0 Å². The van der Waals surface area contributed by atoms with E-state index in [1.165, 1.54) is 0 Å². The van der Waals surface area contributed by atoms with E-state index in [2.05, 4.69) is 10.2 Å². The quantitative estimate of drug-likeness (QED) is 0.816. The van der Waals surface area contributed by atoms with Gasteiger partial charge >= 0.3 is 0 Å². The molecule has 3 rings (SSSR count). The van der Waals surface area contributed by atoms with Gasteiger partial charge in [-0.25, -0.2) is 0 Å². The van der Waals surface area contributed by atoms with Gasteiger partial charge in [0, 0.05) is 12.5 Å². The molecule has 1 aliphatic carbocycles. The van der Waals surface area contributed by atoms with Crippen molar-refractivity contribution < 1.29 is 14.6 Å². The zero-order chi connectivity index (χ0) is 15.5. The van der Waals surface area contributed by atoms with Crippen molar-refractivity contribution in [2.45, 2.75) is 38.3 Å². The summed E-state index contributed by atoms with van der Waals surface area (Å²) in [4.78, 5) is 2.04. The summed E-state index contributed by atoms with van der Waals surface area (Å²) in [6.07, 6.45) is 1.60. The van der Waals surface area contributed by atoms with E-state index in [9.17, 15) is 10.2 Å². The van der Waals surface area contributed by atoms with Gasteiger partial charge in [-0.2, -0.15) is 0 Å². The van der Waals surface area contributed by atoms with Crippen LogP contribution in [0.1, 0.15) is 49.1 Å². The van der Waals surface area contributed by atoms with Crippen molar-refractivity contribution >= 4 is 0 Å². The second-order valence-corrected chi connectivity index (χ2v) is 5.75. The first kappa shape index (κ1) is 15.0. The minimum Gasteiger partial charge on any atom is -0.508 e. The highest BCUT2D eigenvalue weighted by Gasteiger charge is 2.29. The predicted octanol–water partition coefficient (Wildman–Crippen LogP) is 2.21. The van der Waals surface area contributed by atoms with Crippen LogP contribution in [-0.2, 0) is 6.54 Å². The molecule has 0 radical (unpaired) electrons. The van der Waals surface area contributed by atoms with E-state index in [1.807, 2.05) is 11.8 Å². The minimum atomic E-state index is -0.669. The molecule has 1 heterocycles. The number of aliphatic hydroxyl groups excluding tert-OH is 1. The smallest absolute Gasteiger partial charge is 0.230 e. The topological polar surface area (TPSA) is 82.6 Å². The first-order valence-corrected chi connectivity index (χ1v) is 7.67. The number of rotatable bonds is 7. The zero-order valence-electron chi connectivity index (χ0n) is 12.6. The van der Waals surface area contributed by atoms with Gasteiger partial charge in [-0.05, 0) is 37.1 Å². The van der Waals surface area contributed by atoms with Crippen molar-refractivity contribution in [3.05, 3.63) is 41.6 Å². The van der Waals surface area contributed by atoms with Gasteiger partial charge in [0.1, 0.15) is 5.75 Å². The molecular weight excluding hydrogens is 282 g/mol. The number of nitrogens with zero attached hydrogens (tertiary/aromatic N) is 3. The van der Waals surface area contributed by atoms with E-state index in [1.54, 1.807) is 24.3 Å². The maximum atomic E-state index is 10.3. The molecule has 2 aromatic rings. The van der Waals surface area contributed by atoms with Crippen LogP contribution in [0, 0.1) is 0 Å². The SMILES string of the molecule is CCN(Cc1nnc(C2CC2)o1)CC(O)c1cccc(O)c1. The molecule has 6 nitrogen and oxygen atoms in total. The highest BCUT2D eigenvalue weighted by atomic mass is 16.4. The molecule has 1 aromatic heterocycles. The van der Waals surface area contributed by atoms with E-state index < -0.39 is 6.10 Å². The third-order valence-electron chi connectivity index (χ3n) is 3.90. The van der Waals surface area contributed by atoms with Gasteiger partial charge in [0.25, 0.3) is 0 Å². The Morgan fingerprint density at radius 3 is 2.86 bits per heavy atom. The van der Waals surface area contributed by atoms with E-state index >= 15 is 0 Å². The monoisotopic (exact) mass is 303 g/mol. The lowest BCUT2D eigenvalue weighted by Crippen LogP contribution is -2.28. The van der Waals surface area contributed by atoms with Crippen molar-refractivity contribution in [3.8, 4) is 5.75 Å². The van der Waals surface area contributed by atoms with Crippen LogP contribution < -0.4 is 0 Å². The lowest BCUT2D eigenvalue weighted by molar-refractivity contribution is 0.106. The molecule has 1 atom stereocenters. The molecule has 22 heavy (non-hydrogen) atoms. The molecule has 1 fully saturated rings. The number of phenolic OH excluding ortho intramolecular Hbond substituents is 1. The number of likely N-dealkylation sites (N-methyl/N-ethyl adjacent to an activating group) is 1. The first-order valence-electron chi connectivity index (χ1n) is 7.67. The fourth-order valence-electron chi connectivity index (χ4n) is 2.40. The van der Waals surface area contributed by atoms with Crippen molar-refractivity contribution in [1.82, 2.24) is 15.1 Å². The molecule has 6 heteroatoms. The van der Waals surface area contributed by atoms with Crippen molar-refractivity contribution in [2.75, 3.05) is 13.1 Å². The summed E-state index contributed by atoms with van der Waals surface area (Å²) < 4.78 is 5.66. The number of benzene rings is 1. The highest BCUT2D eigenvalue weighted by Crippen LogP contribution is 2.39. The molecular formula is C16H21N3O3. The van der Waals surface area contributed by atoms with Crippen LogP contribution in [-0.4, -0.2) is 38.4 Å². The number of aromatic hydroxyl groups is 1. The van der Waals surface area contributed by atoms with Crippen LogP contribution in [0.25, 0.3) is 0 Å². The van der Waals surface area contributed by atoms with Crippen LogP contribution >= 0.6 is 0 Å². The molecule has 0 bridgehead atoms. The van der Waals surface area contributed by atoms with Gasteiger partial charge in [0.15, 0.2) is 0 Å². The van der Waals surface area contributed by atoms with E-state index in [0.717, 1.165) is 25.3 Å². The lowest BCUT2D eigenvalue weighted by Gasteiger charge is -2.22. The Morgan fingerprint density at radius 2 is 2.18 bits per heavy atom. The number of hydrogen-bond donors (Lipinski definition) is 2. The van der Waals surface area contributed by atoms with E-state index in [4.69, 9.17) is 4.42 Å². The van der Waals surface area contributed by atoms with Crippen molar-refractivity contribution in [2.24, 2.45) is 0 Å². The number of aliphatic hydroxyl groups is 1. The molecule has 118 valence electrons. The Balaban J connectivity index is 1.60. The predicted molar refractivity (Wildman–Crippen MR) is 80.3 cm³/mol. The molecule has 0 aliphatic heterocycles. The Labute approximate surface area is 129 Å². The fourth-order valence-corrected chi connectivity index (χ4v) is 2.40. The number of hydrogen-bond acceptors (Lipinski definition) is 6. The molecule has 0 spiro atoms. The average molecular weight is 303 g/mol. The summed E-state index contributed by atoms with van der Waals surface area (Å²) in [6.45, 7) is 3.75. The zero-order valence-corrected chi connectivity index (χ0v) is 12.6. The summed E-state index contributed by atoms with van der Waals surface area (Å²) in [7, 11) is 0. The first-order chi connectivity index (χ1) is 10.7. The summed E-state index contributed by atoms with van der Waals surface area (Å²) in [5.74, 6) is 1.94.